The van der Waals surface area contributed by atoms with Crippen LogP contribution in [-0.2, 0) is 16.4 Å². The van der Waals surface area contributed by atoms with Gasteiger partial charge in [-0.15, -0.1) is 0 Å². The fraction of sp³-hybridized carbons (Fsp3) is 0.250. The van der Waals surface area contributed by atoms with Gasteiger partial charge >= 0.3 is 0 Å². The van der Waals surface area contributed by atoms with Crippen molar-refractivity contribution < 1.29 is 8.42 Å². The van der Waals surface area contributed by atoms with Gasteiger partial charge in [-0.1, -0.05) is 24.3 Å². The highest BCUT2D eigenvalue weighted by Gasteiger charge is 2.17. The number of aryl methyl sites for hydroxylation is 2. The van der Waals surface area contributed by atoms with E-state index in [0.717, 1.165) is 30.6 Å². The van der Waals surface area contributed by atoms with Gasteiger partial charge in [0.1, 0.15) is 0 Å². The molecular weight excluding hydrogens is 284 g/mol. The Labute approximate surface area is 125 Å². The molecule has 0 unspecified atom stereocenters. The van der Waals surface area contributed by atoms with E-state index in [2.05, 4.69) is 10.0 Å². The first kappa shape index (κ1) is 13.9. The average Bonchev–Trinajstić information content (AvgIpc) is 2.47. The Morgan fingerprint density at radius 2 is 1.95 bits per heavy atom. The summed E-state index contributed by atoms with van der Waals surface area (Å²) in [6, 6.07) is 12.6. The summed E-state index contributed by atoms with van der Waals surface area (Å²) in [5, 5.41) is 3.31. The summed E-state index contributed by atoms with van der Waals surface area (Å²) >= 11 is 0. The predicted octanol–water partition coefficient (Wildman–Crippen LogP) is 3.15. The number of benzene rings is 2. The number of hydrogen-bond donors (Lipinski definition) is 2. The van der Waals surface area contributed by atoms with Crippen LogP contribution in [0.25, 0.3) is 0 Å². The third-order valence-electron chi connectivity index (χ3n) is 3.68. The highest BCUT2D eigenvalue weighted by molar-refractivity contribution is 7.92. The quantitative estimate of drug-likeness (QED) is 0.915. The predicted molar refractivity (Wildman–Crippen MR) is 85.2 cm³/mol. The van der Waals surface area contributed by atoms with E-state index in [4.69, 9.17) is 0 Å². The molecule has 1 aliphatic rings. The van der Waals surface area contributed by atoms with Gasteiger partial charge in [0, 0.05) is 12.2 Å². The number of anilines is 2. The molecule has 0 spiro atoms. The average molecular weight is 302 g/mol. The Bertz CT molecular complexity index is 770. The molecule has 0 bridgehead atoms. The molecule has 0 aliphatic carbocycles. The summed E-state index contributed by atoms with van der Waals surface area (Å²) in [6.07, 6.45) is 2.15. The molecule has 2 aromatic carbocycles. The van der Waals surface area contributed by atoms with Crippen molar-refractivity contribution in [1.29, 1.82) is 0 Å². The van der Waals surface area contributed by atoms with Crippen LogP contribution in [0, 0.1) is 6.92 Å². The Hall–Kier alpha value is -2.01. The first-order valence-corrected chi connectivity index (χ1v) is 8.50. The number of nitrogens with one attached hydrogen (secondary N) is 2. The lowest BCUT2D eigenvalue weighted by molar-refractivity contribution is 0.600. The number of hydrogen-bond acceptors (Lipinski definition) is 3. The first-order valence-electron chi connectivity index (χ1n) is 7.01. The van der Waals surface area contributed by atoms with Crippen LogP contribution in [-0.4, -0.2) is 15.0 Å². The van der Waals surface area contributed by atoms with Crippen LogP contribution >= 0.6 is 0 Å². The molecule has 0 atom stereocenters. The maximum absolute atomic E-state index is 12.5. The third-order valence-corrected chi connectivity index (χ3v) is 5.23. The summed E-state index contributed by atoms with van der Waals surface area (Å²) in [4.78, 5) is 0.315. The van der Waals surface area contributed by atoms with Gasteiger partial charge in [-0.05, 0) is 49.1 Å². The van der Waals surface area contributed by atoms with Crippen molar-refractivity contribution in [2.45, 2.75) is 24.7 Å². The van der Waals surface area contributed by atoms with E-state index in [1.165, 1.54) is 5.56 Å². The Morgan fingerprint density at radius 1 is 1.14 bits per heavy atom. The van der Waals surface area contributed by atoms with Gasteiger partial charge in [0.25, 0.3) is 10.0 Å². The molecule has 21 heavy (non-hydrogen) atoms. The number of sulfonamides is 1. The molecule has 0 radical (unpaired) electrons. The normalized spacial score (nSPS) is 14.1. The van der Waals surface area contributed by atoms with E-state index in [-0.39, 0.29) is 0 Å². The van der Waals surface area contributed by atoms with Crippen LogP contribution in [0.4, 0.5) is 11.4 Å². The Kier molecular flexibility index (Phi) is 3.59. The monoisotopic (exact) mass is 302 g/mol. The van der Waals surface area contributed by atoms with Gasteiger partial charge in [0.2, 0.25) is 0 Å². The van der Waals surface area contributed by atoms with Crippen LogP contribution < -0.4 is 10.0 Å². The molecule has 0 fully saturated rings. The molecule has 5 heteroatoms. The van der Waals surface area contributed by atoms with Crippen LogP contribution in [0.15, 0.2) is 47.4 Å². The van der Waals surface area contributed by atoms with Gasteiger partial charge in [-0.3, -0.25) is 4.72 Å². The Morgan fingerprint density at radius 3 is 2.76 bits per heavy atom. The fourth-order valence-electron chi connectivity index (χ4n) is 2.59. The van der Waals surface area contributed by atoms with E-state index >= 15 is 0 Å². The van der Waals surface area contributed by atoms with Crippen molar-refractivity contribution in [2.75, 3.05) is 16.6 Å². The summed E-state index contributed by atoms with van der Waals surface area (Å²) in [5.74, 6) is 0. The lowest BCUT2D eigenvalue weighted by Crippen LogP contribution is -2.16. The molecule has 3 rings (SSSR count). The van der Waals surface area contributed by atoms with Gasteiger partial charge in [0.05, 0.1) is 10.6 Å². The second-order valence-electron chi connectivity index (χ2n) is 5.27. The Balaban J connectivity index is 1.91. The summed E-state index contributed by atoms with van der Waals surface area (Å²) in [6.45, 7) is 2.73. The van der Waals surface area contributed by atoms with Crippen LogP contribution in [0.3, 0.4) is 0 Å². The first-order chi connectivity index (χ1) is 10.1. The van der Waals surface area contributed by atoms with Gasteiger partial charge in [-0.25, -0.2) is 8.42 Å². The molecule has 0 amide bonds. The molecule has 2 aromatic rings. The van der Waals surface area contributed by atoms with Gasteiger partial charge < -0.3 is 5.32 Å². The summed E-state index contributed by atoms with van der Waals surface area (Å²) < 4.78 is 27.6. The van der Waals surface area contributed by atoms with Crippen molar-refractivity contribution in [3.63, 3.8) is 0 Å². The van der Waals surface area contributed by atoms with Gasteiger partial charge in [0.15, 0.2) is 0 Å². The highest BCUT2D eigenvalue weighted by Crippen LogP contribution is 2.27. The standard InChI is InChI=1S/C16H18N2O2S/c1-12-5-2-3-7-16(12)21(19,20)18-14-9-8-13-6-4-10-17-15(13)11-14/h2-3,5,7-9,11,17-18H,4,6,10H2,1H3. The maximum atomic E-state index is 12.5. The van der Waals surface area contributed by atoms with Crippen LogP contribution in [0.2, 0.25) is 0 Å². The van der Waals surface area contributed by atoms with Gasteiger partial charge in [-0.2, -0.15) is 0 Å². The highest BCUT2D eigenvalue weighted by atomic mass is 32.2. The lowest BCUT2D eigenvalue weighted by Gasteiger charge is -2.19. The molecule has 2 N–H and O–H groups in total. The topological polar surface area (TPSA) is 58.2 Å². The zero-order valence-electron chi connectivity index (χ0n) is 11.9. The zero-order valence-corrected chi connectivity index (χ0v) is 12.7. The number of rotatable bonds is 3. The third kappa shape index (κ3) is 2.88. The summed E-state index contributed by atoms with van der Waals surface area (Å²) in [5.41, 5.74) is 3.58. The molecule has 0 aromatic heterocycles. The molecule has 1 heterocycles. The molecular formula is C16H18N2O2S. The maximum Gasteiger partial charge on any atom is 0.262 e. The van der Waals surface area contributed by atoms with Crippen molar-refractivity contribution in [3.8, 4) is 0 Å². The van der Waals surface area contributed by atoms with Crippen LogP contribution in [0.1, 0.15) is 17.5 Å². The largest absolute Gasteiger partial charge is 0.385 e. The molecule has 0 saturated heterocycles. The minimum absolute atomic E-state index is 0.315. The van der Waals surface area contributed by atoms with E-state index in [9.17, 15) is 8.42 Å². The minimum atomic E-state index is -3.55. The van der Waals surface area contributed by atoms with E-state index in [1.54, 1.807) is 25.1 Å². The van der Waals surface area contributed by atoms with E-state index in [1.807, 2.05) is 24.3 Å². The van der Waals surface area contributed by atoms with E-state index < -0.39 is 10.0 Å². The lowest BCUT2D eigenvalue weighted by atomic mass is 10.0. The van der Waals surface area contributed by atoms with Crippen molar-refractivity contribution in [3.05, 3.63) is 53.6 Å². The second-order valence-corrected chi connectivity index (χ2v) is 6.92. The second kappa shape index (κ2) is 5.41. The minimum Gasteiger partial charge on any atom is -0.385 e. The fourth-order valence-corrected chi connectivity index (χ4v) is 3.89. The molecule has 0 saturated carbocycles. The van der Waals surface area contributed by atoms with Crippen molar-refractivity contribution in [2.24, 2.45) is 0 Å². The number of fused-ring (bicyclic) bond motifs is 1. The van der Waals surface area contributed by atoms with E-state index in [0.29, 0.717) is 10.6 Å². The van der Waals surface area contributed by atoms with Crippen molar-refractivity contribution >= 4 is 21.4 Å². The molecule has 110 valence electrons. The SMILES string of the molecule is Cc1ccccc1S(=O)(=O)Nc1ccc2c(c1)NCCC2. The molecule has 1 aliphatic heterocycles. The smallest absolute Gasteiger partial charge is 0.262 e. The van der Waals surface area contributed by atoms with Crippen LogP contribution in [0.5, 0.6) is 0 Å². The molecule has 4 nitrogen and oxygen atoms in total. The zero-order chi connectivity index (χ0) is 14.9. The summed E-state index contributed by atoms with van der Waals surface area (Å²) in [7, 11) is -3.55. The van der Waals surface area contributed by atoms with Crippen molar-refractivity contribution in [1.82, 2.24) is 0 Å².